The predicted octanol–water partition coefficient (Wildman–Crippen LogP) is 1.19. The van der Waals surface area contributed by atoms with E-state index in [0.717, 1.165) is 44.2 Å². The molecule has 0 radical (unpaired) electrons. The second-order valence-corrected chi connectivity index (χ2v) is 7.96. The van der Waals surface area contributed by atoms with Gasteiger partial charge in [0.15, 0.2) is 18.2 Å². The highest BCUT2D eigenvalue weighted by atomic mass is 35.5. The Labute approximate surface area is 175 Å². The number of fused-ring (bicyclic) bond motifs is 1. The Kier molecular flexibility index (Phi) is 5.47. The average molecular weight is 417 g/mol. The van der Waals surface area contributed by atoms with Gasteiger partial charge in [0.25, 0.3) is 5.91 Å². The number of nitrogens with zero attached hydrogens (tertiary/aromatic N) is 5. The van der Waals surface area contributed by atoms with Gasteiger partial charge in [-0.1, -0.05) is 29.8 Å². The van der Waals surface area contributed by atoms with Crippen LogP contribution in [-0.4, -0.2) is 89.5 Å². The molecule has 0 aliphatic carbocycles. The Morgan fingerprint density at radius 3 is 2.72 bits per heavy atom. The van der Waals surface area contributed by atoms with Crippen LogP contribution < -0.4 is 5.32 Å². The van der Waals surface area contributed by atoms with Crippen LogP contribution in [0.4, 0.5) is 4.79 Å². The van der Waals surface area contributed by atoms with E-state index < -0.39 is 18.2 Å². The van der Waals surface area contributed by atoms with E-state index in [2.05, 4.69) is 21.7 Å². The second kappa shape index (κ2) is 8.04. The summed E-state index contributed by atoms with van der Waals surface area (Å²) in [6, 6.07) is 6.62. The van der Waals surface area contributed by atoms with Crippen molar-refractivity contribution in [1.29, 1.82) is 0 Å². The molecule has 0 spiro atoms. The molecule has 2 atom stereocenters. The molecule has 29 heavy (non-hydrogen) atoms. The number of aliphatic imine (C=N–C) groups is 1. The number of piperazine rings is 1. The van der Waals surface area contributed by atoms with Crippen LogP contribution in [-0.2, 0) is 11.3 Å². The zero-order valence-corrected chi connectivity index (χ0v) is 17.2. The summed E-state index contributed by atoms with van der Waals surface area (Å²) in [5.74, 6) is 0.444. The quantitative estimate of drug-likeness (QED) is 0.746. The van der Waals surface area contributed by atoms with Gasteiger partial charge in [-0.25, -0.2) is 9.79 Å². The number of urea groups is 1. The number of imide groups is 1. The maximum absolute atomic E-state index is 12.7. The number of halogens is 1. The van der Waals surface area contributed by atoms with Crippen molar-refractivity contribution >= 4 is 29.5 Å². The predicted molar refractivity (Wildman–Crippen MR) is 112 cm³/mol. The number of benzene rings is 1. The molecule has 4 rings (SSSR count). The molecule has 3 heterocycles. The van der Waals surface area contributed by atoms with Gasteiger partial charge in [-0.3, -0.25) is 15.0 Å². The fraction of sp³-hybridized carbons (Fsp3) is 0.450. The van der Waals surface area contributed by atoms with Gasteiger partial charge >= 0.3 is 6.03 Å². The van der Waals surface area contributed by atoms with Gasteiger partial charge in [0, 0.05) is 51.3 Å². The fourth-order valence-electron chi connectivity index (χ4n) is 4.09. The lowest BCUT2D eigenvalue weighted by Gasteiger charge is -2.40. The Bertz CT molecular complexity index is 851. The lowest BCUT2D eigenvalue weighted by atomic mass is 10.1. The summed E-state index contributed by atoms with van der Waals surface area (Å²) < 4.78 is 0. The molecule has 1 aromatic rings. The van der Waals surface area contributed by atoms with E-state index in [0.29, 0.717) is 11.6 Å². The number of amides is 3. The summed E-state index contributed by atoms with van der Waals surface area (Å²) in [6.07, 6.45) is 1.38. The highest BCUT2D eigenvalue weighted by Gasteiger charge is 2.49. The largest absolute Gasteiger partial charge is 0.340 e. The minimum absolute atomic E-state index is 0.316. The van der Waals surface area contributed by atoms with Crippen molar-refractivity contribution in [2.45, 2.75) is 18.8 Å². The summed E-state index contributed by atoms with van der Waals surface area (Å²) in [5.41, 5.74) is 0.989. The first-order valence-electron chi connectivity index (χ1n) is 9.72. The zero-order chi connectivity index (χ0) is 20.5. The maximum atomic E-state index is 12.7. The van der Waals surface area contributed by atoms with Crippen LogP contribution in [0.5, 0.6) is 0 Å². The molecule has 2 fully saturated rings. The third-order valence-corrected chi connectivity index (χ3v) is 5.86. The third kappa shape index (κ3) is 3.82. The van der Waals surface area contributed by atoms with E-state index in [-0.39, 0.29) is 5.91 Å². The first-order valence-corrected chi connectivity index (χ1v) is 10.1. The molecular weight excluding hydrogens is 392 g/mol. The molecule has 9 heteroatoms. The zero-order valence-electron chi connectivity index (χ0n) is 16.4. The Hall–Kier alpha value is -2.58. The van der Waals surface area contributed by atoms with Gasteiger partial charge in [-0.15, -0.1) is 6.58 Å². The van der Waals surface area contributed by atoms with E-state index in [1.807, 2.05) is 35.2 Å². The van der Waals surface area contributed by atoms with Crippen molar-refractivity contribution in [1.82, 2.24) is 24.9 Å². The molecule has 1 aromatic carbocycles. The Balaban J connectivity index is 1.62. The van der Waals surface area contributed by atoms with E-state index in [1.165, 1.54) is 4.90 Å². The lowest BCUT2D eigenvalue weighted by molar-refractivity contribution is -0.127. The number of likely N-dealkylation sites (N-methyl/N-ethyl adjacent to an activating group) is 1. The highest BCUT2D eigenvalue weighted by Crippen LogP contribution is 2.28. The van der Waals surface area contributed by atoms with Crippen LogP contribution in [0.2, 0.25) is 5.02 Å². The van der Waals surface area contributed by atoms with Crippen LogP contribution in [0.15, 0.2) is 41.9 Å². The fourth-order valence-corrected chi connectivity index (χ4v) is 4.30. The van der Waals surface area contributed by atoms with E-state index >= 15 is 0 Å². The lowest BCUT2D eigenvalue weighted by Crippen LogP contribution is -2.64. The van der Waals surface area contributed by atoms with Crippen LogP contribution in [0.1, 0.15) is 5.56 Å². The molecule has 2 unspecified atom stereocenters. The van der Waals surface area contributed by atoms with E-state index in [9.17, 15) is 9.59 Å². The first-order chi connectivity index (χ1) is 14.0. The second-order valence-electron chi connectivity index (χ2n) is 7.53. The van der Waals surface area contributed by atoms with Gasteiger partial charge < -0.3 is 14.7 Å². The highest BCUT2D eigenvalue weighted by molar-refractivity contribution is 6.30. The van der Waals surface area contributed by atoms with Crippen LogP contribution in [0.25, 0.3) is 0 Å². The summed E-state index contributed by atoms with van der Waals surface area (Å²) in [5, 5.41) is 3.09. The smallest absolute Gasteiger partial charge is 0.325 e. The number of nitrogens with one attached hydrogen (secondary N) is 1. The summed E-state index contributed by atoms with van der Waals surface area (Å²) in [4.78, 5) is 37.7. The molecule has 3 aliphatic heterocycles. The number of rotatable bonds is 4. The molecular formula is C20H25ClN6O2. The van der Waals surface area contributed by atoms with E-state index in [4.69, 9.17) is 16.6 Å². The molecule has 0 bridgehead atoms. The normalized spacial score (nSPS) is 25.0. The number of hydrogen-bond acceptors (Lipinski definition) is 6. The number of carbonyl (C=O) groups is 2. The number of carbonyl (C=O) groups excluding carboxylic acids is 2. The molecule has 8 nitrogen and oxygen atoms in total. The average Bonchev–Trinajstić information content (AvgIpc) is 3.07. The topological polar surface area (TPSA) is 71.5 Å². The SMILES string of the molecule is C=CCN1CCN(C2=NC3C(C(=O)NC(=O)N3C)N2Cc2cccc(Cl)c2)CC1. The molecule has 3 amide bonds. The Morgan fingerprint density at radius 2 is 2.03 bits per heavy atom. The first kappa shape index (κ1) is 19.7. The van der Waals surface area contributed by atoms with Crippen LogP contribution in [0.3, 0.4) is 0 Å². The van der Waals surface area contributed by atoms with Crippen molar-refractivity contribution in [3.8, 4) is 0 Å². The monoisotopic (exact) mass is 416 g/mol. The number of hydrogen-bond donors (Lipinski definition) is 1. The van der Waals surface area contributed by atoms with Crippen LogP contribution in [0, 0.1) is 0 Å². The summed E-state index contributed by atoms with van der Waals surface area (Å²) in [7, 11) is 1.67. The minimum atomic E-state index is -0.558. The van der Waals surface area contributed by atoms with Crippen molar-refractivity contribution in [2.75, 3.05) is 39.8 Å². The van der Waals surface area contributed by atoms with Gasteiger partial charge in [0.05, 0.1) is 0 Å². The van der Waals surface area contributed by atoms with Crippen molar-refractivity contribution in [2.24, 2.45) is 4.99 Å². The van der Waals surface area contributed by atoms with Gasteiger partial charge in [-0.2, -0.15) is 0 Å². The van der Waals surface area contributed by atoms with Gasteiger partial charge in [0.1, 0.15) is 0 Å². The van der Waals surface area contributed by atoms with Crippen LogP contribution >= 0.6 is 11.6 Å². The van der Waals surface area contributed by atoms with Crippen molar-refractivity contribution in [3.63, 3.8) is 0 Å². The van der Waals surface area contributed by atoms with Gasteiger partial charge in [-0.05, 0) is 17.7 Å². The summed E-state index contributed by atoms with van der Waals surface area (Å²) in [6.45, 7) is 8.55. The number of guanidine groups is 1. The molecule has 2 saturated heterocycles. The van der Waals surface area contributed by atoms with Crippen molar-refractivity contribution in [3.05, 3.63) is 47.5 Å². The molecule has 3 aliphatic rings. The molecule has 0 aromatic heterocycles. The molecule has 154 valence electrons. The Morgan fingerprint density at radius 1 is 1.28 bits per heavy atom. The standard InChI is InChI=1S/C20H25ClN6O2/c1-3-7-25-8-10-26(11-9-25)19-22-17-16(18(28)23-20(29)24(17)2)27(19)13-14-5-4-6-15(21)12-14/h3-6,12,16-17H,1,7-11,13H2,2H3,(H,23,28,29). The summed E-state index contributed by atoms with van der Waals surface area (Å²) >= 11 is 6.16. The van der Waals surface area contributed by atoms with Crippen molar-refractivity contribution < 1.29 is 9.59 Å². The van der Waals surface area contributed by atoms with Gasteiger partial charge in [0.2, 0.25) is 0 Å². The minimum Gasteiger partial charge on any atom is -0.340 e. The molecule has 1 N–H and O–H groups in total. The van der Waals surface area contributed by atoms with E-state index in [1.54, 1.807) is 7.05 Å². The molecule has 0 saturated carbocycles. The third-order valence-electron chi connectivity index (χ3n) is 5.62. The maximum Gasteiger partial charge on any atom is 0.325 e.